The van der Waals surface area contributed by atoms with Crippen molar-refractivity contribution < 1.29 is 4.79 Å². The number of carbonyl (C=O) groups excluding carboxylic acids is 1. The molecule has 0 spiro atoms. The number of carbonyl (C=O) groups is 1. The highest BCUT2D eigenvalue weighted by molar-refractivity contribution is 6.31. The molecule has 0 bridgehead atoms. The van der Waals surface area contributed by atoms with Crippen LogP contribution in [-0.2, 0) is 11.3 Å². The van der Waals surface area contributed by atoms with E-state index in [1.165, 1.54) is 18.4 Å². The molecule has 1 heterocycles. The average Bonchev–Trinajstić information content (AvgIpc) is 3.28. The fourth-order valence-electron chi connectivity index (χ4n) is 3.40. The smallest absolute Gasteiger partial charge is 0.223 e. The number of nitrogens with two attached hydrogens (primary N) is 1. The molecule has 3 rings (SSSR count). The van der Waals surface area contributed by atoms with Crippen molar-refractivity contribution in [1.29, 1.82) is 0 Å². The third-order valence-electron chi connectivity index (χ3n) is 5.11. The number of amides is 1. The monoisotopic (exact) mass is 335 g/mol. The molecule has 5 heteroatoms. The Balaban J connectivity index is 1.60. The van der Waals surface area contributed by atoms with Crippen LogP contribution in [0.5, 0.6) is 0 Å². The molecule has 0 radical (unpaired) electrons. The van der Waals surface area contributed by atoms with Crippen molar-refractivity contribution in [3.05, 3.63) is 28.3 Å². The van der Waals surface area contributed by atoms with E-state index >= 15 is 0 Å². The Bertz CT molecular complexity index is 600. The minimum atomic E-state index is 0.270. The largest absolute Gasteiger partial charge is 0.398 e. The molecule has 1 aliphatic carbocycles. The summed E-state index contributed by atoms with van der Waals surface area (Å²) in [5, 5.41) is 0.689. The molecule has 1 aromatic rings. The number of nitrogen functional groups attached to an aromatic ring is 1. The molecule has 0 aromatic heterocycles. The van der Waals surface area contributed by atoms with Crippen LogP contribution in [0.3, 0.4) is 0 Å². The lowest BCUT2D eigenvalue weighted by atomic mass is 10.0. The van der Waals surface area contributed by atoms with Gasteiger partial charge >= 0.3 is 0 Å². The SMILES string of the molecule is Cc1c(N)cc(Cl)cc1CN1CCN(C(=O)CC2CC2)[C@@H](C)C1. The number of piperazine rings is 1. The Morgan fingerprint density at radius 2 is 2.09 bits per heavy atom. The number of nitrogens with zero attached hydrogens (tertiary/aromatic N) is 2. The van der Waals surface area contributed by atoms with E-state index in [-0.39, 0.29) is 6.04 Å². The molecule has 1 saturated heterocycles. The Morgan fingerprint density at radius 3 is 2.74 bits per heavy atom. The number of hydrogen-bond acceptors (Lipinski definition) is 3. The number of anilines is 1. The lowest BCUT2D eigenvalue weighted by molar-refractivity contribution is -0.136. The predicted molar refractivity (Wildman–Crippen MR) is 94.4 cm³/mol. The van der Waals surface area contributed by atoms with E-state index in [4.69, 9.17) is 17.3 Å². The minimum absolute atomic E-state index is 0.270. The van der Waals surface area contributed by atoms with Gasteiger partial charge in [0.25, 0.3) is 0 Å². The van der Waals surface area contributed by atoms with Crippen molar-refractivity contribution in [2.24, 2.45) is 5.92 Å². The summed E-state index contributed by atoms with van der Waals surface area (Å²) in [4.78, 5) is 16.8. The summed E-state index contributed by atoms with van der Waals surface area (Å²) in [6.45, 7) is 7.66. The highest BCUT2D eigenvalue weighted by atomic mass is 35.5. The highest BCUT2D eigenvalue weighted by Gasteiger charge is 2.31. The number of hydrogen-bond donors (Lipinski definition) is 1. The Labute approximate surface area is 143 Å². The molecule has 4 nitrogen and oxygen atoms in total. The van der Waals surface area contributed by atoms with Crippen molar-refractivity contribution in [2.75, 3.05) is 25.4 Å². The van der Waals surface area contributed by atoms with Crippen LogP contribution in [0.25, 0.3) is 0 Å². The van der Waals surface area contributed by atoms with Gasteiger partial charge in [0.1, 0.15) is 0 Å². The molecule has 1 atom stereocenters. The van der Waals surface area contributed by atoms with Gasteiger partial charge in [0.05, 0.1) is 0 Å². The fraction of sp³-hybridized carbons (Fsp3) is 0.611. The van der Waals surface area contributed by atoms with Gasteiger partial charge < -0.3 is 10.6 Å². The van der Waals surface area contributed by atoms with Gasteiger partial charge in [-0.3, -0.25) is 9.69 Å². The molecular formula is C18H26ClN3O. The molecular weight excluding hydrogens is 310 g/mol. The summed E-state index contributed by atoms with van der Waals surface area (Å²) in [5.41, 5.74) is 9.05. The van der Waals surface area contributed by atoms with Crippen LogP contribution in [0.15, 0.2) is 12.1 Å². The van der Waals surface area contributed by atoms with Gasteiger partial charge in [-0.15, -0.1) is 0 Å². The zero-order chi connectivity index (χ0) is 16.6. The van der Waals surface area contributed by atoms with Crippen molar-refractivity contribution in [3.8, 4) is 0 Å². The highest BCUT2D eigenvalue weighted by Crippen LogP contribution is 2.33. The Kier molecular flexibility index (Phi) is 4.83. The van der Waals surface area contributed by atoms with Crippen LogP contribution < -0.4 is 5.73 Å². The third kappa shape index (κ3) is 3.99. The number of rotatable bonds is 4. The zero-order valence-electron chi connectivity index (χ0n) is 14.0. The molecule has 126 valence electrons. The van der Waals surface area contributed by atoms with Gasteiger partial charge in [0.2, 0.25) is 5.91 Å². The first-order valence-electron chi connectivity index (χ1n) is 8.50. The average molecular weight is 336 g/mol. The quantitative estimate of drug-likeness (QED) is 0.860. The van der Waals surface area contributed by atoms with E-state index in [2.05, 4.69) is 16.7 Å². The van der Waals surface area contributed by atoms with Crippen LogP contribution in [0.4, 0.5) is 5.69 Å². The van der Waals surface area contributed by atoms with E-state index in [1.54, 1.807) is 6.07 Å². The fourth-order valence-corrected chi connectivity index (χ4v) is 3.65. The zero-order valence-corrected chi connectivity index (χ0v) is 14.8. The minimum Gasteiger partial charge on any atom is -0.398 e. The molecule has 1 aliphatic heterocycles. The van der Waals surface area contributed by atoms with Crippen molar-refractivity contribution >= 4 is 23.2 Å². The molecule has 0 unspecified atom stereocenters. The number of benzene rings is 1. The molecule has 23 heavy (non-hydrogen) atoms. The van der Waals surface area contributed by atoms with Crippen LogP contribution in [0.2, 0.25) is 5.02 Å². The summed E-state index contributed by atoms with van der Waals surface area (Å²) in [5.74, 6) is 0.993. The second-order valence-corrected chi connectivity index (χ2v) is 7.53. The van der Waals surface area contributed by atoms with Crippen molar-refractivity contribution in [1.82, 2.24) is 9.80 Å². The van der Waals surface area contributed by atoms with Gasteiger partial charge in [0.15, 0.2) is 0 Å². The molecule has 1 saturated carbocycles. The summed E-state index contributed by atoms with van der Waals surface area (Å²) >= 11 is 6.14. The molecule has 2 fully saturated rings. The first-order valence-corrected chi connectivity index (χ1v) is 8.88. The van der Waals surface area contributed by atoms with Crippen molar-refractivity contribution in [2.45, 2.75) is 45.7 Å². The van der Waals surface area contributed by atoms with E-state index in [1.807, 2.05) is 13.0 Å². The summed E-state index contributed by atoms with van der Waals surface area (Å²) in [6, 6.07) is 4.08. The molecule has 1 amide bonds. The molecule has 2 aliphatic rings. The predicted octanol–water partition coefficient (Wildman–Crippen LogP) is 3.06. The maximum atomic E-state index is 12.3. The summed E-state index contributed by atoms with van der Waals surface area (Å²) in [6.07, 6.45) is 3.21. The second-order valence-electron chi connectivity index (χ2n) is 7.10. The maximum Gasteiger partial charge on any atom is 0.223 e. The van der Waals surface area contributed by atoms with Crippen LogP contribution >= 0.6 is 11.6 Å². The van der Waals surface area contributed by atoms with E-state index in [9.17, 15) is 4.79 Å². The molecule has 1 aromatic carbocycles. The van der Waals surface area contributed by atoms with E-state index in [0.29, 0.717) is 16.8 Å². The number of halogens is 1. The van der Waals surface area contributed by atoms with Gasteiger partial charge in [-0.1, -0.05) is 11.6 Å². The Morgan fingerprint density at radius 1 is 1.35 bits per heavy atom. The normalized spacial score (nSPS) is 22.4. The first-order chi connectivity index (χ1) is 10.9. The van der Waals surface area contributed by atoms with Crippen LogP contribution in [0, 0.1) is 12.8 Å². The van der Waals surface area contributed by atoms with Gasteiger partial charge in [0, 0.05) is 49.4 Å². The van der Waals surface area contributed by atoms with Crippen molar-refractivity contribution in [3.63, 3.8) is 0 Å². The van der Waals surface area contributed by atoms with E-state index in [0.717, 1.165) is 43.9 Å². The van der Waals surface area contributed by atoms with Crippen LogP contribution in [0.1, 0.15) is 37.3 Å². The maximum absolute atomic E-state index is 12.3. The van der Waals surface area contributed by atoms with Gasteiger partial charge in [-0.25, -0.2) is 0 Å². The van der Waals surface area contributed by atoms with Crippen LogP contribution in [-0.4, -0.2) is 41.4 Å². The third-order valence-corrected chi connectivity index (χ3v) is 5.32. The van der Waals surface area contributed by atoms with E-state index < -0.39 is 0 Å². The summed E-state index contributed by atoms with van der Waals surface area (Å²) in [7, 11) is 0. The summed E-state index contributed by atoms with van der Waals surface area (Å²) < 4.78 is 0. The topological polar surface area (TPSA) is 49.6 Å². The van der Waals surface area contributed by atoms with Gasteiger partial charge in [-0.2, -0.15) is 0 Å². The molecule has 2 N–H and O–H groups in total. The first kappa shape index (κ1) is 16.6. The standard InChI is InChI=1S/C18H26ClN3O/c1-12-10-21(5-6-22(12)18(23)7-14-3-4-14)11-15-8-16(19)9-17(20)13(15)2/h8-9,12,14H,3-7,10-11,20H2,1-2H3/t12-/m0/s1. The second kappa shape index (κ2) is 6.70. The van der Waals surface area contributed by atoms with Gasteiger partial charge in [-0.05, 0) is 55.9 Å². The Hall–Kier alpha value is -1.26. The lowest BCUT2D eigenvalue weighted by Crippen LogP contribution is -2.53. The lowest BCUT2D eigenvalue weighted by Gasteiger charge is -2.40.